The van der Waals surface area contributed by atoms with E-state index in [1.54, 1.807) is 0 Å². The van der Waals surface area contributed by atoms with Crippen molar-refractivity contribution in [3.63, 3.8) is 0 Å². The Bertz CT molecular complexity index is 521. The third kappa shape index (κ3) is 1.13. The Kier molecular flexibility index (Phi) is 1.89. The molecule has 0 bridgehead atoms. The van der Waals surface area contributed by atoms with Crippen LogP contribution in [-0.2, 0) is 0 Å². The molecule has 0 aliphatic carbocycles. The van der Waals surface area contributed by atoms with E-state index in [9.17, 15) is 9.18 Å². The van der Waals surface area contributed by atoms with Crippen LogP contribution in [-0.4, -0.2) is 11.1 Å². The normalized spacial score (nSPS) is 10.6. The Hall–Kier alpha value is -1.62. The topological polar surface area (TPSA) is 63.3 Å². The van der Waals surface area contributed by atoms with Gasteiger partial charge >= 0.3 is 5.97 Å². The lowest BCUT2D eigenvalue weighted by Gasteiger charge is -2.01. The van der Waals surface area contributed by atoms with Gasteiger partial charge in [0.25, 0.3) is 0 Å². The number of carboxylic acids is 1. The number of nitrogens with two attached hydrogens (primary N) is 1. The van der Waals surface area contributed by atoms with Gasteiger partial charge in [0, 0.05) is 16.5 Å². The molecule has 1 aromatic heterocycles. The quantitative estimate of drug-likeness (QED) is 0.711. The van der Waals surface area contributed by atoms with Crippen LogP contribution in [0, 0.1) is 5.82 Å². The van der Waals surface area contributed by atoms with E-state index >= 15 is 0 Å². The number of fused-ring (bicyclic) bond motifs is 1. The van der Waals surface area contributed by atoms with Crippen molar-refractivity contribution in [2.45, 2.75) is 0 Å². The van der Waals surface area contributed by atoms with Gasteiger partial charge in [-0.1, -0.05) is 0 Å². The minimum Gasteiger partial charge on any atom is -0.478 e. The standard InChI is InChI=1S/C9H6FNO2S/c10-5-3-14-8-4(5)1-2-6(11)7(8)9(12)13/h1-3H,11H2,(H,12,13). The number of hydrogen-bond acceptors (Lipinski definition) is 3. The summed E-state index contributed by atoms with van der Waals surface area (Å²) in [4.78, 5) is 10.8. The zero-order chi connectivity index (χ0) is 10.3. The lowest BCUT2D eigenvalue weighted by Crippen LogP contribution is -2.02. The Morgan fingerprint density at radius 1 is 1.50 bits per heavy atom. The van der Waals surface area contributed by atoms with Gasteiger partial charge in [0.1, 0.15) is 11.4 Å². The fourth-order valence-electron chi connectivity index (χ4n) is 1.30. The molecule has 0 saturated heterocycles. The average Bonchev–Trinajstić information content (AvgIpc) is 2.47. The van der Waals surface area contributed by atoms with Gasteiger partial charge in [0.2, 0.25) is 0 Å². The highest BCUT2D eigenvalue weighted by Gasteiger charge is 2.15. The van der Waals surface area contributed by atoms with Crippen LogP contribution >= 0.6 is 11.3 Å². The maximum absolute atomic E-state index is 13.1. The Morgan fingerprint density at radius 2 is 2.21 bits per heavy atom. The molecule has 1 aromatic carbocycles. The molecule has 72 valence electrons. The third-order valence-electron chi connectivity index (χ3n) is 1.94. The maximum atomic E-state index is 13.1. The second-order valence-electron chi connectivity index (χ2n) is 2.80. The van der Waals surface area contributed by atoms with Gasteiger partial charge in [-0.05, 0) is 12.1 Å². The molecule has 0 unspecified atom stereocenters. The molecule has 3 N–H and O–H groups in total. The van der Waals surface area contributed by atoms with Crippen molar-refractivity contribution in [1.82, 2.24) is 0 Å². The summed E-state index contributed by atoms with van der Waals surface area (Å²) in [6, 6.07) is 2.89. The second kappa shape index (κ2) is 2.95. The van der Waals surface area contributed by atoms with E-state index in [1.165, 1.54) is 17.5 Å². The van der Waals surface area contributed by atoms with E-state index in [-0.39, 0.29) is 11.3 Å². The molecule has 14 heavy (non-hydrogen) atoms. The van der Waals surface area contributed by atoms with E-state index in [1.807, 2.05) is 0 Å². The fourth-order valence-corrected chi connectivity index (χ4v) is 2.27. The summed E-state index contributed by atoms with van der Waals surface area (Å²) in [5.74, 6) is -1.54. The molecule has 0 amide bonds. The average molecular weight is 211 g/mol. The number of carbonyl (C=O) groups is 1. The van der Waals surface area contributed by atoms with Crippen LogP contribution in [0.5, 0.6) is 0 Å². The molecular weight excluding hydrogens is 205 g/mol. The minimum atomic E-state index is -1.13. The molecule has 0 radical (unpaired) electrons. The Labute approximate surface area is 82.6 Å². The van der Waals surface area contributed by atoms with E-state index in [0.717, 1.165) is 11.3 Å². The van der Waals surface area contributed by atoms with Crippen molar-refractivity contribution in [3.05, 3.63) is 28.9 Å². The molecule has 2 rings (SSSR count). The predicted octanol–water partition coefficient (Wildman–Crippen LogP) is 2.32. The number of rotatable bonds is 1. The number of carboxylic acid groups (broad SMARTS) is 1. The van der Waals surface area contributed by atoms with Crippen molar-refractivity contribution >= 4 is 33.1 Å². The van der Waals surface area contributed by atoms with Gasteiger partial charge in [-0.15, -0.1) is 11.3 Å². The highest BCUT2D eigenvalue weighted by atomic mass is 32.1. The molecule has 0 fully saturated rings. The van der Waals surface area contributed by atoms with E-state index < -0.39 is 11.8 Å². The van der Waals surface area contributed by atoms with Gasteiger partial charge in [0.05, 0.1) is 4.70 Å². The zero-order valence-electron chi connectivity index (χ0n) is 6.95. The summed E-state index contributed by atoms with van der Waals surface area (Å²) in [6.07, 6.45) is 0. The van der Waals surface area contributed by atoms with Crippen LogP contribution in [0.1, 0.15) is 10.4 Å². The molecule has 0 saturated carbocycles. The molecule has 0 aliphatic heterocycles. The van der Waals surface area contributed by atoms with Crippen LogP contribution in [0.2, 0.25) is 0 Å². The van der Waals surface area contributed by atoms with Gasteiger partial charge in [-0.25, -0.2) is 9.18 Å². The van der Waals surface area contributed by atoms with Gasteiger partial charge in [-0.3, -0.25) is 0 Å². The van der Waals surface area contributed by atoms with Crippen molar-refractivity contribution in [1.29, 1.82) is 0 Å². The molecule has 0 atom stereocenters. The van der Waals surface area contributed by atoms with Crippen LogP contribution in [0.25, 0.3) is 10.1 Å². The number of thiophene rings is 1. The summed E-state index contributed by atoms with van der Waals surface area (Å²) >= 11 is 1.05. The van der Waals surface area contributed by atoms with Crippen molar-refractivity contribution in [2.75, 3.05) is 5.73 Å². The van der Waals surface area contributed by atoms with E-state index in [0.29, 0.717) is 10.1 Å². The predicted molar refractivity (Wildman–Crippen MR) is 53.2 cm³/mol. The maximum Gasteiger partial charge on any atom is 0.339 e. The zero-order valence-corrected chi connectivity index (χ0v) is 7.77. The van der Waals surface area contributed by atoms with Crippen molar-refractivity contribution in [2.24, 2.45) is 0 Å². The highest BCUT2D eigenvalue weighted by molar-refractivity contribution is 7.17. The largest absolute Gasteiger partial charge is 0.478 e. The highest BCUT2D eigenvalue weighted by Crippen LogP contribution is 2.31. The van der Waals surface area contributed by atoms with Gasteiger partial charge in [-0.2, -0.15) is 0 Å². The minimum absolute atomic E-state index is 0.0172. The number of aromatic carboxylic acids is 1. The van der Waals surface area contributed by atoms with Crippen LogP contribution in [0.15, 0.2) is 17.5 Å². The third-order valence-corrected chi connectivity index (χ3v) is 2.93. The summed E-state index contributed by atoms with van der Waals surface area (Å²) in [5.41, 5.74) is 5.64. The summed E-state index contributed by atoms with van der Waals surface area (Å²) in [6.45, 7) is 0. The second-order valence-corrected chi connectivity index (χ2v) is 3.67. The van der Waals surface area contributed by atoms with Crippen molar-refractivity contribution < 1.29 is 14.3 Å². The summed E-state index contributed by atoms with van der Waals surface area (Å²) < 4.78 is 13.5. The van der Waals surface area contributed by atoms with Gasteiger partial charge < -0.3 is 10.8 Å². The number of halogens is 1. The molecule has 5 heteroatoms. The van der Waals surface area contributed by atoms with Crippen LogP contribution < -0.4 is 5.73 Å². The molecule has 1 heterocycles. The fraction of sp³-hybridized carbons (Fsp3) is 0. The summed E-state index contributed by atoms with van der Waals surface area (Å²) in [7, 11) is 0. The van der Waals surface area contributed by atoms with E-state index in [4.69, 9.17) is 10.8 Å². The summed E-state index contributed by atoms with van der Waals surface area (Å²) in [5, 5.41) is 10.5. The Morgan fingerprint density at radius 3 is 2.86 bits per heavy atom. The first-order valence-electron chi connectivity index (χ1n) is 3.79. The molecule has 0 aliphatic rings. The molecule has 0 spiro atoms. The van der Waals surface area contributed by atoms with Crippen LogP contribution in [0.3, 0.4) is 0 Å². The SMILES string of the molecule is Nc1ccc2c(F)csc2c1C(=O)O. The monoisotopic (exact) mass is 211 g/mol. The lowest BCUT2D eigenvalue weighted by molar-refractivity contribution is 0.0700. The Balaban J connectivity index is 2.90. The number of benzene rings is 1. The number of anilines is 1. The van der Waals surface area contributed by atoms with E-state index in [2.05, 4.69) is 0 Å². The lowest BCUT2D eigenvalue weighted by atomic mass is 10.1. The molecule has 3 nitrogen and oxygen atoms in total. The molecular formula is C9H6FNO2S. The van der Waals surface area contributed by atoms with Crippen LogP contribution in [0.4, 0.5) is 10.1 Å². The number of hydrogen-bond donors (Lipinski definition) is 2. The number of nitrogen functional groups attached to an aromatic ring is 1. The first-order valence-corrected chi connectivity index (χ1v) is 4.67. The van der Waals surface area contributed by atoms with Crippen molar-refractivity contribution in [3.8, 4) is 0 Å². The molecule has 2 aromatic rings. The first kappa shape index (κ1) is 8.96. The first-order chi connectivity index (χ1) is 6.61. The smallest absolute Gasteiger partial charge is 0.339 e. The van der Waals surface area contributed by atoms with Gasteiger partial charge in [0.15, 0.2) is 0 Å².